The first-order valence-electron chi connectivity index (χ1n) is 8.22. The van der Waals surface area contributed by atoms with Gasteiger partial charge in [-0.3, -0.25) is 0 Å². The molecule has 4 nitrogen and oxygen atoms in total. The van der Waals surface area contributed by atoms with Crippen molar-refractivity contribution in [2.24, 2.45) is 17.8 Å². The number of sulfonamides is 1. The molecule has 1 saturated heterocycles. The van der Waals surface area contributed by atoms with E-state index in [-0.39, 0.29) is 11.8 Å². The lowest BCUT2D eigenvalue weighted by atomic mass is 9.89. The van der Waals surface area contributed by atoms with Gasteiger partial charge in [-0.1, -0.05) is 12.8 Å². The fourth-order valence-corrected chi connectivity index (χ4v) is 5.96. The Morgan fingerprint density at radius 2 is 2.00 bits per heavy atom. The molecule has 0 radical (unpaired) electrons. The molecule has 4 unspecified atom stereocenters. The van der Waals surface area contributed by atoms with E-state index in [1.165, 1.54) is 32.1 Å². The second kappa shape index (κ2) is 5.93. The molecular weight excluding hydrogens is 272 g/mol. The minimum atomic E-state index is -3.09. The van der Waals surface area contributed by atoms with E-state index in [0.29, 0.717) is 5.92 Å². The van der Waals surface area contributed by atoms with Gasteiger partial charge in [0.05, 0.1) is 5.75 Å². The van der Waals surface area contributed by atoms with E-state index in [1.54, 1.807) is 11.4 Å². The number of nitrogens with one attached hydrogen (secondary N) is 1. The zero-order chi connectivity index (χ0) is 14.2. The molecular formula is C15H28N2O2S. The Hall–Kier alpha value is -0.130. The summed E-state index contributed by atoms with van der Waals surface area (Å²) in [5, 5.41) is 3.34. The van der Waals surface area contributed by atoms with Gasteiger partial charge in [-0.05, 0) is 56.4 Å². The highest BCUT2D eigenvalue weighted by Crippen LogP contribution is 2.48. The SMILES string of the molecule is CN(CC1CC2CCC1C2)S(=O)(=O)CC1CCCCN1. The topological polar surface area (TPSA) is 49.4 Å². The summed E-state index contributed by atoms with van der Waals surface area (Å²) in [5.74, 6) is 2.59. The van der Waals surface area contributed by atoms with Crippen molar-refractivity contribution in [2.75, 3.05) is 25.9 Å². The summed E-state index contributed by atoms with van der Waals surface area (Å²) in [7, 11) is -1.31. The third-order valence-electron chi connectivity index (χ3n) is 5.68. The number of hydrogen-bond donors (Lipinski definition) is 1. The average Bonchev–Trinajstić information content (AvgIpc) is 3.01. The predicted octanol–water partition coefficient (Wildman–Crippen LogP) is 1.83. The van der Waals surface area contributed by atoms with Crippen LogP contribution < -0.4 is 5.32 Å². The Morgan fingerprint density at radius 1 is 1.15 bits per heavy atom. The lowest BCUT2D eigenvalue weighted by molar-refractivity contribution is 0.279. The van der Waals surface area contributed by atoms with Gasteiger partial charge in [0.2, 0.25) is 10.0 Å². The van der Waals surface area contributed by atoms with E-state index in [4.69, 9.17) is 0 Å². The normalized spacial score (nSPS) is 37.7. The predicted molar refractivity (Wildman–Crippen MR) is 81.0 cm³/mol. The van der Waals surface area contributed by atoms with Gasteiger partial charge in [-0.15, -0.1) is 0 Å². The van der Waals surface area contributed by atoms with Crippen molar-refractivity contribution in [1.82, 2.24) is 9.62 Å². The lowest BCUT2D eigenvalue weighted by Gasteiger charge is -2.29. The van der Waals surface area contributed by atoms with Crippen LogP contribution >= 0.6 is 0 Å². The quantitative estimate of drug-likeness (QED) is 0.842. The summed E-state index contributed by atoms with van der Waals surface area (Å²) in [5.41, 5.74) is 0. The standard InChI is InChI=1S/C15H28N2O2S/c1-17(10-14-9-12-5-6-13(14)8-12)20(18,19)11-15-4-2-3-7-16-15/h12-16H,2-11H2,1H3. The molecule has 3 rings (SSSR count). The summed E-state index contributed by atoms with van der Waals surface area (Å²) >= 11 is 0. The van der Waals surface area contributed by atoms with E-state index in [0.717, 1.165) is 37.8 Å². The molecule has 2 aliphatic carbocycles. The van der Waals surface area contributed by atoms with Crippen molar-refractivity contribution in [2.45, 2.75) is 51.0 Å². The molecule has 20 heavy (non-hydrogen) atoms. The van der Waals surface area contributed by atoms with Crippen LogP contribution in [0.15, 0.2) is 0 Å². The number of rotatable bonds is 5. The van der Waals surface area contributed by atoms with E-state index in [1.807, 2.05) is 0 Å². The zero-order valence-corrected chi connectivity index (χ0v) is 13.4. The fraction of sp³-hybridized carbons (Fsp3) is 1.00. The van der Waals surface area contributed by atoms with Gasteiger partial charge >= 0.3 is 0 Å². The van der Waals surface area contributed by atoms with E-state index in [2.05, 4.69) is 5.32 Å². The van der Waals surface area contributed by atoms with Crippen molar-refractivity contribution < 1.29 is 8.42 Å². The van der Waals surface area contributed by atoms with Crippen LogP contribution in [0.5, 0.6) is 0 Å². The Kier molecular flexibility index (Phi) is 4.39. The average molecular weight is 300 g/mol. The molecule has 116 valence electrons. The van der Waals surface area contributed by atoms with Gasteiger partial charge in [0.25, 0.3) is 0 Å². The third-order valence-corrected chi connectivity index (χ3v) is 7.60. The molecule has 0 aromatic heterocycles. The molecule has 2 bridgehead atoms. The largest absolute Gasteiger partial charge is 0.313 e. The molecule has 4 atom stereocenters. The van der Waals surface area contributed by atoms with Crippen molar-refractivity contribution in [3.63, 3.8) is 0 Å². The van der Waals surface area contributed by atoms with Gasteiger partial charge in [-0.25, -0.2) is 12.7 Å². The lowest BCUT2D eigenvalue weighted by Crippen LogP contribution is -2.44. The summed E-state index contributed by atoms with van der Waals surface area (Å²) in [6.45, 7) is 1.71. The minimum Gasteiger partial charge on any atom is -0.313 e. The van der Waals surface area contributed by atoms with Crippen LogP contribution in [0.4, 0.5) is 0 Å². The van der Waals surface area contributed by atoms with E-state index >= 15 is 0 Å². The Balaban J connectivity index is 1.53. The summed E-state index contributed by atoms with van der Waals surface area (Å²) in [6.07, 6.45) is 8.65. The fourth-order valence-electron chi connectivity index (χ4n) is 4.49. The molecule has 1 N–H and O–H groups in total. The highest BCUT2D eigenvalue weighted by atomic mass is 32.2. The van der Waals surface area contributed by atoms with Crippen molar-refractivity contribution in [3.8, 4) is 0 Å². The highest BCUT2D eigenvalue weighted by molar-refractivity contribution is 7.89. The van der Waals surface area contributed by atoms with E-state index in [9.17, 15) is 8.42 Å². The Morgan fingerprint density at radius 3 is 2.60 bits per heavy atom. The molecule has 2 saturated carbocycles. The van der Waals surface area contributed by atoms with Crippen LogP contribution in [0.1, 0.15) is 44.9 Å². The van der Waals surface area contributed by atoms with Crippen LogP contribution in [0.25, 0.3) is 0 Å². The molecule has 3 aliphatic rings. The van der Waals surface area contributed by atoms with Gasteiger partial charge in [-0.2, -0.15) is 0 Å². The number of piperidine rings is 1. The third kappa shape index (κ3) is 3.20. The first kappa shape index (κ1) is 14.8. The first-order chi connectivity index (χ1) is 9.54. The van der Waals surface area contributed by atoms with Crippen molar-refractivity contribution in [3.05, 3.63) is 0 Å². The number of fused-ring (bicyclic) bond motifs is 2. The second-order valence-corrected chi connectivity index (χ2v) is 9.26. The maximum absolute atomic E-state index is 12.5. The molecule has 0 spiro atoms. The van der Waals surface area contributed by atoms with Gasteiger partial charge < -0.3 is 5.32 Å². The minimum absolute atomic E-state index is 0.163. The highest BCUT2D eigenvalue weighted by Gasteiger charge is 2.40. The molecule has 5 heteroatoms. The molecule has 0 aromatic rings. The van der Waals surface area contributed by atoms with Gasteiger partial charge in [0.15, 0.2) is 0 Å². The zero-order valence-electron chi connectivity index (χ0n) is 12.6. The number of nitrogens with zero attached hydrogens (tertiary/aromatic N) is 1. The molecule has 3 fully saturated rings. The van der Waals surface area contributed by atoms with E-state index < -0.39 is 10.0 Å². The maximum Gasteiger partial charge on any atom is 0.215 e. The Labute approximate surface area is 123 Å². The molecule has 1 aliphatic heterocycles. The molecule has 0 aromatic carbocycles. The maximum atomic E-state index is 12.5. The number of hydrogen-bond acceptors (Lipinski definition) is 3. The van der Waals surface area contributed by atoms with Crippen LogP contribution in [-0.2, 0) is 10.0 Å². The summed E-state index contributed by atoms with van der Waals surface area (Å²) in [4.78, 5) is 0. The van der Waals surface area contributed by atoms with Crippen molar-refractivity contribution >= 4 is 10.0 Å². The summed E-state index contributed by atoms with van der Waals surface area (Å²) in [6, 6.07) is 0.163. The Bertz CT molecular complexity index is 431. The van der Waals surface area contributed by atoms with Gasteiger partial charge in [0, 0.05) is 19.6 Å². The van der Waals surface area contributed by atoms with Crippen LogP contribution in [-0.4, -0.2) is 44.7 Å². The molecule has 0 amide bonds. The smallest absolute Gasteiger partial charge is 0.215 e. The van der Waals surface area contributed by atoms with Crippen LogP contribution in [0.3, 0.4) is 0 Å². The van der Waals surface area contributed by atoms with Crippen LogP contribution in [0.2, 0.25) is 0 Å². The van der Waals surface area contributed by atoms with Crippen LogP contribution in [0, 0.1) is 17.8 Å². The molecule has 1 heterocycles. The summed E-state index contributed by atoms with van der Waals surface area (Å²) < 4.78 is 26.6. The first-order valence-corrected chi connectivity index (χ1v) is 9.83. The van der Waals surface area contributed by atoms with Crippen molar-refractivity contribution in [1.29, 1.82) is 0 Å². The second-order valence-electron chi connectivity index (χ2n) is 7.14. The monoisotopic (exact) mass is 300 g/mol. The van der Waals surface area contributed by atoms with Gasteiger partial charge in [0.1, 0.15) is 0 Å².